The van der Waals surface area contributed by atoms with Crippen LogP contribution in [0.15, 0.2) is 54.2 Å². The van der Waals surface area contributed by atoms with Gasteiger partial charge in [-0.05, 0) is 37.6 Å². The number of ketones is 1. The van der Waals surface area contributed by atoms with Crippen molar-refractivity contribution in [1.82, 2.24) is 9.97 Å². The van der Waals surface area contributed by atoms with E-state index < -0.39 is 0 Å². The Morgan fingerprint density at radius 1 is 1.10 bits per heavy atom. The molecule has 4 aromatic rings. The predicted molar refractivity (Wildman–Crippen MR) is 115 cm³/mol. The monoisotopic (exact) mass is 404 g/mol. The van der Waals surface area contributed by atoms with E-state index in [1.165, 1.54) is 11.9 Å². The first-order valence-electron chi connectivity index (χ1n) is 9.16. The van der Waals surface area contributed by atoms with Crippen LogP contribution in [-0.2, 0) is 6.61 Å². The standard InChI is InChI=1S/C23H20N2O3S/c1-14-4-6-16(7-5-14)19-12-29-23-21(19)22(24-13-25-23)28-11-18-10-17(15(2)26)8-9-20(18)27-3/h4-10,12-13H,11H2,1-3H3. The lowest BCUT2D eigenvalue weighted by Gasteiger charge is -2.12. The van der Waals surface area contributed by atoms with Crippen molar-refractivity contribution in [2.45, 2.75) is 20.5 Å². The van der Waals surface area contributed by atoms with Gasteiger partial charge in [0.1, 0.15) is 23.5 Å². The smallest absolute Gasteiger partial charge is 0.226 e. The zero-order valence-corrected chi connectivity index (χ0v) is 17.2. The van der Waals surface area contributed by atoms with E-state index in [-0.39, 0.29) is 12.4 Å². The molecule has 0 fully saturated rings. The summed E-state index contributed by atoms with van der Waals surface area (Å²) in [5, 5.41) is 2.97. The molecular formula is C23H20N2O3S. The van der Waals surface area contributed by atoms with E-state index in [1.54, 1.807) is 43.6 Å². The van der Waals surface area contributed by atoms with Crippen molar-refractivity contribution in [1.29, 1.82) is 0 Å². The number of methoxy groups -OCH3 is 1. The highest BCUT2D eigenvalue weighted by Crippen LogP contribution is 2.38. The van der Waals surface area contributed by atoms with Crippen LogP contribution in [-0.4, -0.2) is 22.9 Å². The molecule has 4 rings (SSSR count). The van der Waals surface area contributed by atoms with Crippen LogP contribution in [0.25, 0.3) is 21.3 Å². The minimum absolute atomic E-state index is 0.00202. The van der Waals surface area contributed by atoms with Crippen molar-refractivity contribution in [3.63, 3.8) is 0 Å². The van der Waals surface area contributed by atoms with Crippen LogP contribution >= 0.6 is 11.3 Å². The molecule has 0 unspecified atom stereocenters. The molecule has 0 atom stereocenters. The van der Waals surface area contributed by atoms with Gasteiger partial charge in [-0.3, -0.25) is 4.79 Å². The molecule has 2 heterocycles. The summed E-state index contributed by atoms with van der Waals surface area (Å²) in [5.74, 6) is 1.18. The van der Waals surface area contributed by atoms with Crippen LogP contribution in [0.3, 0.4) is 0 Å². The number of nitrogens with zero attached hydrogens (tertiary/aromatic N) is 2. The van der Waals surface area contributed by atoms with Gasteiger partial charge in [0.05, 0.1) is 12.5 Å². The first-order chi connectivity index (χ1) is 14.1. The van der Waals surface area contributed by atoms with Crippen LogP contribution in [0.4, 0.5) is 0 Å². The van der Waals surface area contributed by atoms with Gasteiger partial charge in [0, 0.05) is 22.1 Å². The highest BCUT2D eigenvalue weighted by atomic mass is 32.1. The topological polar surface area (TPSA) is 61.3 Å². The number of aryl methyl sites for hydroxylation is 1. The largest absolute Gasteiger partial charge is 0.496 e. The molecule has 0 aliphatic carbocycles. The van der Waals surface area contributed by atoms with E-state index in [9.17, 15) is 4.79 Å². The summed E-state index contributed by atoms with van der Waals surface area (Å²) in [5.41, 5.74) is 4.76. The Morgan fingerprint density at radius 2 is 1.90 bits per heavy atom. The number of hydrogen-bond acceptors (Lipinski definition) is 6. The lowest BCUT2D eigenvalue weighted by Crippen LogP contribution is -2.03. The van der Waals surface area contributed by atoms with Crippen molar-refractivity contribution in [2.75, 3.05) is 7.11 Å². The lowest BCUT2D eigenvalue weighted by molar-refractivity contribution is 0.101. The zero-order chi connectivity index (χ0) is 20.4. The second kappa shape index (κ2) is 8.01. The molecule has 0 bridgehead atoms. The normalized spacial score (nSPS) is 10.9. The number of benzene rings is 2. The molecule has 6 heteroatoms. The zero-order valence-electron chi connectivity index (χ0n) is 16.4. The average Bonchev–Trinajstić information content (AvgIpc) is 3.17. The number of fused-ring (bicyclic) bond motifs is 1. The molecule has 0 saturated carbocycles. The van der Waals surface area contributed by atoms with Gasteiger partial charge in [0.2, 0.25) is 5.88 Å². The highest BCUT2D eigenvalue weighted by Gasteiger charge is 2.15. The van der Waals surface area contributed by atoms with Gasteiger partial charge in [-0.2, -0.15) is 0 Å². The number of carbonyl (C=O) groups excluding carboxylic acids is 1. The van der Waals surface area contributed by atoms with E-state index in [4.69, 9.17) is 9.47 Å². The Balaban J connectivity index is 1.71. The maximum atomic E-state index is 11.7. The van der Waals surface area contributed by atoms with E-state index in [1.807, 2.05) is 0 Å². The molecule has 0 aliphatic heterocycles. The summed E-state index contributed by atoms with van der Waals surface area (Å²) in [4.78, 5) is 21.4. The van der Waals surface area contributed by atoms with Gasteiger partial charge in [-0.1, -0.05) is 29.8 Å². The van der Waals surface area contributed by atoms with Crippen LogP contribution in [0.5, 0.6) is 11.6 Å². The Morgan fingerprint density at radius 3 is 2.62 bits per heavy atom. The van der Waals surface area contributed by atoms with Crippen molar-refractivity contribution in [3.8, 4) is 22.8 Å². The molecule has 2 aromatic heterocycles. The maximum absolute atomic E-state index is 11.7. The second-order valence-corrected chi connectivity index (χ2v) is 7.60. The quantitative estimate of drug-likeness (QED) is 0.400. The van der Waals surface area contributed by atoms with Crippen molar-refractivity contribution < 1.29 is 14.3 Å². The van der Waals surface area contributed by atoms with Crippen LogP contribution in [0.2, 0.25) is 0 Å². The number of Topliss-reactive ketones (excluding diaryl/α,β-unsaturated/α-hetero) is 1. The summed E-state index contributed by atoms with van der Waals surface area (Å²) >= 11 is 1.56. The summed E-state index contributed by atoms with van der Waals surface area (Å²) in [6.45, 7) is 3.84. The fourth-order valence-corrected chi connectivity index (χ4v) is 4.07. The van der Waals surface area contributed by atoms with Gasteiger partial charge in [-0.25, -0.2) is 9.97 Å². The van der Waals surface area contributed by atoms with Gasteiger partial charge in [0.15, 0.2) is 5.78 Å². The van der Waals surface area contributed by atoms with Crippen LogP contribution in [0.1, 0.15) is 28.4 Å². The number of rotatable bonds is 6. The third-order valence-corrected chi connectivity index (χ3v) is 5.64. The Bertz CT molecular complexity index is 1180. The molecule has 0 spiro atoms. The summed E-state index contributed by atoms with van der Waals surface area (Å²) in [7, 11) is 1.60. The van der Waals surface area contributed by atoms with E-state index in [0.29, 0.717) is 17.2 Å². The Kier molecular flexibility index (Phi) is 5.27. The fourth-order valence-electron chi connectivity index (χ4n) is 3.16. The summed E-state index contributed by atoms with van der Waals surface area (Å²) in [6.07, 6.45) is 1.51. The number of thiophene rings is 1. The molecule has 29 heavy (non-hydrogen) atoms. The molecule has 0 amide bonds. The van der Waals surface area contributed by atoms with Gasteiger partial charge in [0.25, 0.3) is 0 Å². The molecule has 0 radical (unpaired) electrons. The van der Waals surface area contributed by atoms with Crippen molar-refractivity contribution >= 4 is 27.3 Å². The van der Waals surface area contributed by atoms with E-state index in [2.05, 4.69) is 46.5 Å². The molecule has 2 aromatic carbocycles. The van der Waals surface area contributed by atoms with E-state index >= 15 is 0 Å². The summed E-state index contributed by atoms with van der Waals surface area (Å²) in [6, 6.07) is 13.7. The predicted octanol–water partition coefficient (Wildman–Crippen LogP) is 5.46. The van der Waals surface area contributed by atoms with Gasteiger partial charge < -0.3 is 9.47 Å². The molecular weight excluding hydrogens is 384 g/mol. The molecule has 0 saturated heterocycles. The average molecular weight is 404 g/mol. The SMILES string of the molecule is COc1ccc(C(C)=O)cc1COc1ncnc2scc(-c3ccc(C)cc3)c12. The number of aromatic nitrogens is 2. The number of carbonyl (C=O) groups is 1. The lowest BCUT2D eigenvalue weighted by atomic mass is 10.0. The maximum Gasteiger partial charge on any atom is 0.226 e. The van der Waals surface area contributed by atoms with Crippen LogP contribution < -0.4 is 9.47 Å². The molecule has 0 N–H and O–H groups in total. The minimum Gasteiger partial charge on any atom is -0.496 e. The third kappa shape index (κ3) is 3.84. The third-order valence-electron chi connectivity index (χ3n) is 4.75. The number of ether oxygens (including phenoxy) is 2. The van der Waals surface area contributed by atoms with Gasteiger partial charge in [-0.15, -0.1) is 11.3 Å². The van der Waals surface area contributed by atoms with Crippen molar-refractivity contribution in [2.24, 2.45) is 0 Å². The molecule has 5 nitrogen and oxygen atoms in total. The first kappa shape index (κ1) is 19.1. The molecule has 146 valence electrons. The van der Waals surface area contributed by atoms with Crippen molar-refractivity contribution in [3.05, 3.63) is 70.9 Å². The van der Waals surface area contributed by atoms with Crippen LogP contribution in [0, 0.1) is 6.92 Å². The number of hydrogen-bond donors (Lipinski definition) is 0. The first-order valence-corrected chi connectivity index (χ1v) is 10.0. The Labute approximate surface area is 173 Å². The summed E-state index contributed by atoms with van der Waals surface area (Å²) < 4.78 is 11.5. The Hall–Kier alpha value is -3.25. The van der Waals surface area contributed by atoms with Gasteiger partial charge >= 0.3 is 0 Å². The second-order valence-electron chi connectivity index (χ2n) is 6.75. The minimum atomic E-state index is -0.00202. The van der Waals surface area contributed by atoms with E-state index in [0.717, 1.165) is 26.9 Å². The molecule has 0 aliphatic rings. The fraction of sp³-hybridized carbons (Fsp3) is 0.174. The highest BCUT2D eigenvalue weighted by molar-refractivity contribution is 7.17.